The van der Waals surface area contributed by atoms with E-state index in [1.165, 1.54) is 17.7 Å². The van der Waals surface area contributed by atoms with Crippen LogP contribution in [0.5, 0.6) is 0 Å². The van der Waals surface area contributed by atoms with Gasteiger partial charge in [-0.3, -0.25) is 14.2 Å². The zero-order chi connectivity index (χ0) is 21.1. The molecule has 6 nitrogen and oxygen atoms in total. The van der Waals surface area contributed by atoms with Crippen molar-refractivity contribution in [2.45, 2.75) is 18.4 Å². The zero-order valence-corrected chi connectivity index (χ0v) is 17.6. The Balaban J connectivity index is 1.62. The van der Waals surface area contributed by atoms with Crippen molar-refractivity contribution in [1.82, 2.24) is 9.55 Å². The Morgan fingerprint density at radius 1 is 1.20 bits per heavy atom. The number of benzene rings is 2. The highest BCUT2D eigenvalue weighted by atomic mass is 32.2. The van der Waals surface area contributed by atoms with Gasteiger partial charge in [-0.05, 0) is 54.1 Å². The van der Waals surface area contributed by atoms with Gasteiger partial charge in [-0.2, -0.15) is 5.26 Å². The van der Waals surface area contributed by atoms with Crippen molar-refractivity contribution in [2.75, 3.05) is 5.32 Å². The molecule has 4 rings (SSSR count). The van der Waals surface area contributed by atoms with E-state index in [1.807, 2.05) is 35.7 Å². The third-order valence-electron chi connectivity index (χ3n) is 4.59. The second kappa shape index (κ2) is 8.53. The van der Waals surface area contributed by atoms with Crippen molar-refractivity contribution in [2.24, 2.45) is 0 Å². The minimum absolute atomic E-state index is 0.158. The number of carbonyl (C=O) groups is 1. The molecule has 4 aromatic rings. The third-order valence-corrected chi connectivity index (χ3v) is 6.39. The van der Waals surface area contributed by atoms with Gasteiger partial charge in [0.05, 0.1) is 23.1 Å². The summed E-state index contributed by atoms with van der Waals surface area (Å²) < 4.78 is 1.56. The molecule has 30 heavy (non-hydrogen) atoms. The molecule has 0 radical (unpaired) electrons. The Morgan fingerprint density at radius 3 is 2.63 bits per heavy atom. The van der Waals surface area contributed by atoms with Gasteiger partial charge in [0.15, 0.2) is 0 Å². The van der Waals surface area contributed by atoms with Crippen LogP contribution < -0.4 is 10.9 Å². The number of nitrogens with one attached hydrogen (secondary N) is 1. The average Bonchev–Trinajstić information content (AvgIpc) is 3.10. The summed E-state index contributed by atoms with van der Waals surface area (Å²) in [6.07, 6.45) is 1.53. The molecule has 0 bridgehead atoms. The van der Waals surface area contributed by atoms with Gasteiger partial charge in [0, 0.05) is 10.6 Å². The first kappa shape index (κ1) is 19.9. The molecule has 2 aromatic carbocycles. The number of aromatic nitrogens is 2. The van der Waals surface area contributed by atoms with E-state index in [2.05, 4.69) is 10.3 Å². The number of rotatable bonds is 5. The predicted molar refractivity (Wildman–Crippen MR) is 120 cm³/mol. The van der Waals surface area contributed by atoms with Gasteiger partial charge in [0.25, 0.3) is 11.5 Å². The second-order valence-corrected chi connectivity index (χ2v) is 8.43. The van der Waals surface area contributed by atoms with E-state index < -0.39 is 0 Å². The number of thiophene rings is 1. The van der Waals surface area contributed by atoms with E-state index >= 15 is 0 Å². The van der Waals surface area contributed by atoms with Crippen LogP contribution in [0, 0.1) is 17.6 Å². The fourth-order valence-electron chi connectivity index (χ4n) is 3.12. The Morgan fingerprint density at radius 2 is 1.93 bits per heavy atom. The fourth-order valence-corrected chi connectivity index (χ4v) is 4.53. The van der Waals surface area contributed by atoms with Gasteiger partial charge in [0.2, 0.25) is 0 Å². The van der Waals surface area contributed by atoms with E-state index in [4.69, 9.17) is 5.26 Å². The van der Waals surface area contributed by atoms with Crippen molar-refractivity contribution in [1.29, 1.82) is 5.26 Å². The highest BCUT2D eigenvalue weighted by molar-refractivity contribution is 8.03. The molecule has 2 aromatic heterocycles. The highest BCUT2D eigenvalue weighted by Crippen LogP contribution is 2.28. The Labute approximate surface area is 180 Å². The molecule has 0 atom stereocenters. The lowest BCUT2D eigenvalue weighted by molar-refractivity contribution is 0.103. The molecule has 1 N–H and O–H groups in total. The summed E-state index contributed by atoms with van der Waals surface area (Å²) in [6.45, 7) is 2.20. The maximum Gasteiger partial charge on any atom is 0.266 e. The van der Waals surface area contributed by atoms with Crippen LogP contribution in [0.3, 0.4) is 0 Å². The summed E-state index contributed by atoms with van der Waals surface area (Å²) >= 11 is 2.27. The topological polar surface area (TPSA) is 87.8 Å². The molecule has 2 heterocycles. The van der Waals surface area contributed by atoms with E-state index in [0.29, 0.717) is 32.9 Å². The van der Waals surface area contributed by atoms with E-state index in [-0.39, 0.29) is 11.5 Å². The lowest BCUT2D eigenvalue weighted by atomic mass is 10.2. The van der Waals surface area contributed by atoms with E-state index in [9.17, 15) is 9.59 Å². The molecule has 0 unspecified atom stereocenters. The van der Waals surface area contributed by atoms with Crippen LogP contribution in [0.15, 0.2) is 70.6 Å². The van der Waals surface area contributed by atoms with Gasteiger partial charge in [-0.1, -0.05) is 30.3 Å². The van der Waals surface area contributed by atoms with Crippen molar-refractivity contribution >= 4 is 44.9 Å². The highest BCUT2D eigenvalue weighted by Gasteiger charge is 2.19. The Hall–Kier alpha value is -3.41. The summed E-state index contributed by atoms with van der Waals surface area (Å²) in [6, 6.07) is 16.7. The number of carbonyl (C=O) groups excluding carboxylic acids is 1. The van der Waals surface area contributed by atoms with Crippen LogP contribution in [0.25, 0.3) is 10.2 Å². The number of nitriles is 1. The minimum Gasteiger partial charge on any atom is -0.321 e. The number of amides is 1. The standard InChI is InChI=1S/C22H16N4O2S2/c1-14-18-21(24-13-26(22(18)28)11-15-5-3-2-4-6-15)30-19(14)20(27)25-16-7-9-17(10-8-16)29-12-23/h2-10,13H,11H2,1H3,(H,25,27). The molecule has 0 saturated carbocycles. The quantitative estimate of drug-likeness (QED) is 0.367. The van der Waals surface area contributed by atoms with Crippen LogP contribution >= 0.6 is 23.1 Å². The van der Waals surface area contributed by atoms with Crippen LogP contribution in [0.4, 0.5) is 5.69 Å². The summed E-state index contributed by atoms with van der Waals surface area (Å²) in [5.74, 6) is -0.287. The molecule has 1 amide bonds. The van der Waals surface area contributed by atoms with Crippen molar-refractivity contribution in [3.63, 3.8) is 0 Å². The molecular weight excluding hydrogens is 416 g/mol. The fraction of sp³-hybridized carbons (Fsp3) is 0.0909. The second-order valence-electron chi connectivity index (χ2n) is 6.57. The third kappa shape index (κ3) is 3.99. The Bertz CT molecular complexity index is 1320. The number of aryl methyl sites for hydroxylation is 1. The molecular formula is C22H16N4O2S2. The van der Waals surface area contributed by atoms with Crippen molar-refractivity contribution < 1.29 is 4.79 Å². The smallest absolute Gasteiger partial charge is 0.266 e. The number of hydrogen-bond acceptors (Lipinski definition) is 6. The normalized spacial score (nSPS) is 10.7. The molecule has 0 aliphatic heterocycles. The first-order valence-corrected chi connectivity index (χ1v) is 10.7. The molecule has 0 aliphatic carbocycles. The number of nitrogens with zero attached hydrogens (tertiary/aromatic N) is 3. The number of thioether (sulfide) groups is 1. The Kier molecular flexibility index (Phi) is 5.65. The number of fused-ring (bicyclic) bond motifs is 1. The van der Waals surface area contributed by atoms with Crippen molar-refractivity contribution in [3.05, 3.63) is 87.3 Å². The summed E-state index contributed by atoms with van der Waals surface area (Å²) in [5.41, 5.74) is 2.09. The molecule has 148 valence electrons. The zero-order valence-electron chi connectivity index (χ0n) is 16.0. The van der Waals surface area contributed by atoms with Gasteiger partial charge < -0.3 is 5.32 Å². The first-order valence-electron chi connectivity index (χ1n) is 9.06. The predicted octanol–water partition coefficient (Wildman–Crippen LogP) is 4.64. The molecule has 0 fully saturated rings. The van der Waals surface area contributed by atoms with Gasteiger partial charge in [0.1, 0.15) is 10.2 Å². The van der Waals surface area contributed by atoms with Gasteiger partial charge in [-0.25, -0.2) is 4.98 Å². The van der Waals surface area contributed by atoms with Crippen LogP contribution in [-0.4, -0.2) is 15.5 Å². The van der Waals surface area contributed by atoms with E-state index in [0.717, 1.165) is 22.2 Å². The molecule has 0 spiro atoms. The summed E-state index contributed by atoms with van der Waals surface area (Å²) in [7, 11) is 0. The number of hydrogen-bond donors (Lipinski definition) is 1. The van der Waals surface area contributed by atoms with Crippen LogP contribution in [0.1, 0.15) is 20.8 Å². The lowest BCUT2D eigenvalue weighted by Crippen LogP contribution is -2.21. The average molecular weight is 433 g/mol. The summed E-state index contributed by atoms with van der Waals surface area (Å²) in [4.78, 5) is 32.0. The maximum absolute atomic E-state index is 13.0. The monoisotopic (exact) mass is 432 g/mol. The largest absolute Gasteiger partial charge is 0.321 e. The van der Waals surface area contributed by atoms with Gasteiger partial charge >= 0.3 is 0 Å². The van der Waals surface area contributed by atoms with E-state index in [1.54, 1.807) is 35.8 Å². The molecule has 8 heteroatoms. The van der Waals surface area contributed by atoms with Crippen LogP contribution in [0.2, 0.25) is 0 Å². The first-order chi connectivity index (χ1) is 14.6. The van der Waals surface area contributed by atoms with Crippen LogP contribution in [-0.2, 0) is 6.54 Å². The number of thiocyanates is 1. The lowest BCUT2D eigenvalue weighted by Gasteiger charge is -2.06. The molecule has 0 aliphatic rings. The maximum atomic E-state index is 13.0. The summed E-state index contributed by atoms with van der Waals surface area (Å²) in [5, 5.41) is 14.1. The molecule has 0 saturated heterocycles. The van der Waals surface area contributed by atoms with Gasteiger partial charge in [-0.15, -0.1) is 11.3 Å². The van der Waals surface area contributed by atoms with Crippen molar-refractivity contribution in [3.8, 4) is 5.40 Å². The number of anilines is 1. The minimum atomic E-state index is -0.287. The SMILES string of the molecule is Cc1c(C(=O)Nc2ccc(SC#N)cc2)sc2ncn(Cc3ccccc3)c(=O)c12.